The molecular formula is C10H13F. The van der Waals surface area contributed by atoms with Gasteiger partial charge in [0, 0.05) is 1.37 Å². The first kappa shape index (κ1) is 6.84. The van der Waals surface area contributed by atoms with Crippen molar-refractivity contribution >= 4 is 0 Å². The summed E-state index contributed by atoms with van der Waals surface area (Å²) in [6, 6.07) is 6.71. The van der Waals surface area contributed by atoms with Gasteiger partial charge in [0.2, 0.25) is 0 Å². The second kappa shape index (κ2) is 3.51. The van der Waals surface area contributed by atoms with Crippen LogP contribution >= 0.6 is 0 Å². The highest BCUT2D eigenvalue weighted by Gasteiger charge is 2.06. The molecule has 1 aromatic rings. The first-order valence-electron chi connectivity index (χ1n) is 4.54. The summed E-state index contributed by atoms with van der Waals surface area (Å²) in [5, 5.41) is 0. The molecule has 0 saturated carbocycles. The zero-order valence-electron chi connectivity index (χ0n) is 7.68. The summed E-state index contributed by atoms with van der Waals surface area (Å²) >= 11 is 0. The van der Waals surface area contributed by atoms with E-state index in [-0.39, 0.29) is 18.6 Å². The van der Waals surface area contributed by atoms with Gasteiger partial charge in [0.05, 0.1) is 0 Å². The third-order valence-corrected chi connectivity index (χ3v) is 1.84. The van der Waals surface area contributed by atoms with Crippen LogP contribution in [0, 0.1) is 5.82 Å². The largest absolute Gasteiger partial charge is 0.207 e. The van der Waals surface area contributed by atoms with Crippen molar-refractivity contribution < 1.29 is 5.76 Å². The van der Waals surface area contributed by atoms with E-state index in [0.717, 1.165) is 6.42 Å². The van der Waals surface area contributed by atoms with E-state index in [9.17, 15) is 4.39 Å². The first-order chi connectivity index (χ1) is 5.79. The van der Waals surface area contributed by atoms with Crippen LogP contribution in [0.4, 0.5) is 4.39 Å². The van der Waals surface area contributed by atoms with Crippen molar-refractivity contribution in [3.05, 3.63) is 35.6 Å². The van der Waals surface area contributed by atoms with Crippen LogP contribution in [0.1, 0.15) is 33.1 Å². The molecule has 0 aliphatic carbocycles. The van der Waals surface area contributed by atoms with Crippen molar-refractivity contribution in [1.82, 2.24) is 0 Å². The van der Waals surface area contributed by atoms with Gasteiger partial charge in [-0.1, -0.05) is 32.0 Å². The van der Waals surface area contributed by atoms with Gasteiger partial charge in [-0.3, -0.25) is 0 Å². The molecule has 0 radical (unpaired) electrons. The second-order valence-corrected chi connectivity index (χ2v) is 2.63. The quantitative estimate of drug-likeness (QED) is 0.611. The lowest BCUT2D eigenvalue weighted by Crippen LogP contribution is -1.94. The van der Waals surface area contributed by atoms with E-state index in [4.69, 9.17) is 1.37 Å². The molecule has 0 heterocycles. The third-order valence-electron chi connectivity index (χ3n) is 1.84. The molecule has 0 nitrogen and oxygen atoms in total. The first-order valence-corrected chi connectivity index (χ1v) is 3.83. The van der Waals surface area contributed by atoms with E-state index >= 15 is 0 Å². The van der Waals surface area contributed by atoms with Crippen LogP contribution in [-0.4, -0.2) is 0 Å². The van der Waals surface area contributed by atoms with Gasteiger partial charge < -0.3 is 0 Å². The number of hydrogen-bond donors (Lipinski definition) is 0. The van der Waals surface area contributed by atoms with Crippen LogP contribution in [0.5, 0.6) is 0 Å². The SMILES string of the molecule is [2H]CC(CC)c1ccccc1F. The van der Waals surface area contributed by atoms with Crippen molar-refractivity contribution in [3.63, 3.8) is 0 Å². The Morgan fingerprint density at radius 1 is 1.55 bits per heavy atom. The van der Waals surface area contributed by atoms with Crippen molar-refractivity contribution in [1.29, 1.82) is 0 Å². The molecule has 0 aromatic heterocycles. The Morgan fingerprint density at radius 3 is 2.82 bits per heavy atom. The van der Waals surface area contributed by atoms with Crippen LogP contribution in [-0.2, 0) is 0 Å². The Kier molecular flexibility index (Phi) is 2.18. The zero-order valence-corrected chi connectivity index (χ0v) is 6.68. The molecule has 0 aliphatic rings. The molecule has 0 fully saturated rings. The van der Waals surface area contributed by atoms with E-state index < -0.39 is 0 Å². The number of benzene rings is 1. The number of halogens is 1. The summed E-state index contributed by atoms with van der Waals surface area (Å²) in [4.78, 5) is 0. The molecule has 1 unspecified atom stereocenters. The fourth-order valence-electron chi connectivity index (χ4n) is 1.03. The highest BCUT2D eigenvalue weighted by atomic mass is 19.1. The van der Waals surface area contributed by atoms with Gasteiger partial charge in [0.15, 0.2) is 0 Å². The molecule has 11 heavy (non-hydrogen) atoms. The maximum absolute atomic E-state index is 13.1. The molecule has 1 atom stereocenters. The van der Waals surface area contributed by atoms with Gasteiger partial charge >= 0.3 is 0 Å². The lowest BCUT2D eigenvalue weighted by Gasteiger charge is -2.08. The normalized spacial score (nSPS) is 14.2. The van der Waals surface area contributed by atoms with Crippen LogP contribution in [0.25, 0.3) is 0 Å². The van der Waals surface area contributed by atoms with Crippen molar-refractivity contribution in [3.8, 4) is 0 Å². The lowest BCUT2D eigenvalue weighted by molar-refractivity contribution is 0.584. The average molecular weight is 153 g/mol. The minimum atomic E-state index is -0.184. The highest BCUT2D eigenvalue weighted by molar-refractivity contribution is 5.20. The summed E-state index contributed by atoms with van der Waals surface area (Å²) < 4.78 is 20.4. The molecule has 1 aromatic carbocycles. The van der Waals surface area contributed by atoms with Gasteiger partial charge in [0.25, 0.3) is 0 Å². The minimum absolute atomic E-state index is 0.0474. The molecule has 0 bridgehead atoms. The number of rotatable bonds is 2. The van der Waals surface area contributed by atoms with Gasteiger partial charge in [-0.15, -0.1) is 0 Å². The van der Waals surface area contributed by atoms with E-state index in [0.29, 0.717) is 5.56 Å². The summed E-state index contributed by atoms with van der Waals surface area (Å²) in [6.45, 7) is 2.24. The minimum Gasteiger partial charge on any atom is -0.207 e. The Morgan fingerprint density at radius 2 is 2.27 bits per heavy atom. The smallest absolute Gasteiger partial charge is 0.126 e. The van der Waals surface area contributed by atoms with Crippen LogP contribution in [0.3, 0.4) is 0 Å². The molecule has 0 N–H and O–H groups in total. The average Bonchev–Trinajstić information content (AvgIpc) is 2.10. The number of hydrogen-bond acceptors (Lipinski definition) is 0. The fourth-order valence-corrected chi connectivity index (χ4v) is 1.03. The lowest BCUT2D eigenvalue weighted by atomic mass is 9.98. The Hall–Kier alpha value is -0.850. The Balaban J connectivity index is 2.92. The summed E-state index contributed by atoms with van der Waals surface area (Å²) in [5.41, 5.74) is 0.676. The van der Waals surface area contributed by atoms with E-state index in [1.165, 1.54) is 6.07 Å². The molecule has 0 saturated heterocycles. The summed E-state index contributed by atoms with van der Waals surface area (Å²) in [7, 11) is 0. The van der Waals surface area contributed by atoms with Gasteiger partial charge in [-0.2, -0.15) is 0 Å². The fraction of sp³-hybridized carbons (Fsp3) is 0.400. The topological polar surface area (TPSA) is 0 Å². The predicted octanol–water partition coefficient (Wildman–Crippen LogP) is 3.34. The molecular weight excluding hydrogens is 139 g/mol. The van der Waals surface area contributed by atoms with Gasteiger partial charge in [0.1, 0.15) is 5.82 Å². The van der Waals surface area contributed by atoms with Crippen molar-refractivity contribution in [2.24, 2.45) is 0 Å². The monoisotopic (exact) mass is 153 g/mol. The van der Waals surface area contributed by atoms with Gasteiger partial charge in [-0.05, 0) is 24.0 Å². The maximum Gasteiger partial charge on any atom is 0.126 e. The zero-order chi connectivity index (χ0) is 8.97. The third kappa shape index (κ3) is 1.79. The van der Waals surface area contributed by atoms with Gasteiger partial charge in [-0.25, -0.2) is 4.39 Å². The predicted molar refractivity (Wildman–Crippen MR) is 45.1 cm³/mol. The Labute approximate surface area is 68.5 Å². The molecule has 60 valence electrons. The van der Waals surface area contributed by atoms with Crippen molar-refractivity contribution in [2.45, 2.75) is 26.2 Å². The molecule has 0 aliphatic heterocycles. The molecule has 1 heteroatoms. The van der Waals surface area contributed by atoms with Crippen LogP contribution in [0.15, 0.2) is 24.3 Å². The molecule has 1 rings (SSSR count). The molecule has 0 spiro atoms. The maximum atomic E-state index is 13.1. The van der Waals surface area contributed by atoms with E-state index in [1.807, 2.05) is 13.0 Å². The Bertz CT molecular complexity index is 243. The van der Waals surface area contributed by atoms with Crippen LogP contribution < -0.4 is 0 Å². The highest BCUT2D eigenvalue weighted by Crippen LogP contribution is 2.20. The van der Waals surface area contributed by atoms with Crippen molar-refractivity contribution in [2.75, 3.05) is 0 Å². The van der Waals surface area contributed by atoms with Crippen LogP contribution in [0.2, 0.25) is 0 Å². The second-order valence-electron chi connectivity index (χ2n) is 2.63. The summed E-state index contributed by atoms with van der Waals surface area (Å²) in [5.74, 6) is -0.136. The van der Waals surface area contributed by atoms with E-state index in [1.54, 1.807) is 12.1 Å². The molecule has 0 amide bonds. The summed E-state index contributed by atoms with van der Waals surface area (Å²) in [6.07, 6.45) is 0.824. The van der Waals surface area contributed by atoms with E-state index in [2.05, 4.69) is 0 Å². The standard InChI is InChI=1S/C10H13F/c1-3-8(2)9-6-4-5-7-10(9)11/h4-8H,3H2,1-2H3/i2D.